The highest BCUT2D eigenvalue weighted by Crippen LogP contribution is 2.33. The predicted molar refractivity (Wildman–Crippen MR) is 123 cm³/mol. The maximum Gasteiger partial charge on any atom is 0.208 e. The normalized spacial score (nSPS) is 16.4. The van der Waals surface area contributed by atoms with Gasteiger partial charge in [-0.05, 0) is 57.2 Å². The minimum absolute atomic E-state index is 0.146. The third-order valence-corrected chi connectivity index (χ3v) is 7.94. The number of nitrogens with zero attached hydrogens (tertiary/aromatic N) is 3. The maximum absolute atomic E-state index is 13.5. The largest absolute Gasteiger partial charge is 0.369 e. The summed E-state index contributed by atoms with van der Waals surface area (Å²) in [6.45, 7) is 10.4. The second kappa shape index (κ2) is 7.59. The van der Waals surface area contributed by atoms with Crippen LogP contribution in [0.25, 0.3) is 10.9 Å². The Balaban J connectivity index is 1.67. The summed E-state index contributed by atoms with van der Waals surface area (Å²) in [6.07, 6.45) is 1.67. The van der Waals surface area contributed by atoms with E-state index in [1.807, 2.05) is 29.8 Å². The van der Waals surface area contributed by atoms with Crippen molar-refractivity contribution in [2.75, 3.05) is 31.1 Å². The van der Waals surface area contributed by atoms with Crippen molar-refractivity contribution in [3.63, 3.8) is 0 Å². The number of sulfone groups is 1. The first-order valence-corrected chi connectivity index (χ1v) is 12.0. The quantitative estimate of drug-likeness (QED) is 0.591. The highest BCUT2D eigenvalue weighted by molar-refractivity contribution is 7.91. The summed E-state index contributed by atoms with van der Waals surface area (Å²) >= 11 is 6.15. The minimum atomic E-state index is -3.67. The van der Waals surface area contributed by atoms with E-state index < -0.39 is 9.84 Å². The highest BCUT2D eigenvalue weighted by Gasteiger charge is 2.27. The van der Waals surface area contributed by atoms with E-state index in [0.29, 0.717) is 15.3 Å². The number of rotatable bonds is 3. The fourth-order valence-electron chi connectivity index (χ4n) is 4.15. The number of fused-ring (bicyclic) bond motifs is 1. The van der Waals surface area contributed by atoms with E-state index in [4.69, 9.17) is 11.6 Å². The third-order valence-electron chi connectivity index (χ3n) is 5.93. The van der Waals surface area contributed by atoms with Crippen LogP contribution >= 0.6 is 11.6 Å². The summed E-state index contributed by atoms with van der Waals surface area (Å²) in [5, 5.41) is 1.17. The van der Waals surface area contributed by atoms with E-state index in [-0.39, 0.29) is 10.4 Å². The first-order valence-electron chi connectivity index (χ1n) is 10.2. The van der Waals surface area contributed by atoms with E-state index in [0.717, 1.165) is 37.4 Å². The zero-order chi connectivity index (χ0) is 21.7. The molecule has 7 heteroatoms. The Morgan fingerprint density at radius 1 is 0.967 bits per heavy atom. The maximum atomic E-state index is 13.5. The molecule has 0 saturated carbocycles. The lowest BCUT2D eigenvalue weighted by Crippen LogP contribution is -2.53. The van der Waals surface area contributed by atoms with Crippen LogP contribution in [0.4, 0.5) is 5.69 Å². The molecule has 0 amide bonds. The molecular weight excluding hydrogens is 418 g/mol. The van der Waals surface area contributed by atoms with Crippen LogP contribution < -0.4 is 4.90 Å². The van der Waals surface area contributed by atoms with E-state index in [9.17, 15) is 8.42 Å². The summed E-state index contributed by atoms with van der Waals surface area (Å²) in [4.78, 5) is 5.33. The Kier molecular flexibility index (Phi) is 5.37. The SMILES string of the molecule is Cn1cc(S(=O)(=O)c2cccc(N3CCN(C(C)(C)C)CC3)c2)c2cc(Cl)ccc21. The molecule has 3 aromatic rings. The van der Waals surface area contributed by atoms with Gasteiger partial charge in [-0.2, -0.15) is 0 Å². The standard InChI is InChI=1S/C23H28ClN3O2S/c1-23(2,3)27-12-10-26(11-13-27)18-6-5-7-19(15-18)30(28,29)22-16-25(4)21-9-8-17(24)14-20(21)22/h5-9,14-16H,10-13H2,1-4H3. The van der Waals surface area contributed by atoms with Crippen LogP contribution in [0.1, 0.15) is 20.8 Å². The van der Waals surface area contributed by atoms with Crippen molar-refractivity contribution < 1.29 is 8.42 Å². The van der Waals surface area contributed by atoms with Crippen LogP contribution in [0, 0.1) is 0 Å². The topological polar surface area (TPSA) is 45.6 Å². The number of aromatic nitrogens is 1. The molecule has 0 radical (unpaired) electrons. The van der Waals surface area contributed by atoms with E-state index in [1.54, 1.807) is 30.5 Å². The van der Waals surface area contributed by atoms with Crippen LogP contribution in [-0.2, 0) is 16.9 Å². The van der Waals surface area contributed by atoms with Crippen molar-refractivity contribution in [1.82, 2.24) is 9.47 Å². The molecule has 30 heavy (non-hydrogen) atoms. The monoisotopic (exact) mass is 445 g/mol. The Morgan fingerprint density at radius 2 is 1.67 bits per heavy atom. The van der Waals surface area contributed by atoms with Crippen molar-refractivity contribution in [2.45, 2.75) is 36.1 Å². The zero-order valence-electron chi connectivity index (χ0n) is 17.9. The first-order chi connectivity index (χ1) is 14.1. The molecule has 1 aromatic heterocycles. The molecule has 4 rings (SSSR count). The minimum Gasteiger partial charge on any atom is -0.369 e. The van der Waals surface area contributed by atoms with Crippen LogP contribution in [-0.4, -0.2) is 49.6 Å². The highest BCUT2D eigenvalue weighted by atomic mass is 35.5. The van der Waals surface area contributed by atoms with E-state index in [2.05, 4.69) is 30.6 Å². The lowest BCUT2D eigenvalue weighted by Gasteiger charge is -2.43. The van der Waals surface area contributed by atoms with Gasteiger partial charge >= 0.3 is 0 Å². The zero-order valence-corrected chi connectivity index (χ0v) is 19.5. The van der Waals surface area contributed by atoms with Crippen molar-refractivity contribution >= 4 is 38.0 Å². The molecule has 5 nitrogen and oxygen atoms in total. The number of hydrogen-bond donors (Lipinski definition) is 0. The molecule has 0 aliphatic carbocycles. The molecule has 0 atom stereocenters. The van der Waals surface area contributed by atoms with Crippen LogP contribution in [0.3, 0.4) is 0 Å². The molecule has 0 unspecified atom stereocenters. The van der Waals surface area contributed by atoms with Gasteiger partial charge in [0, 0.05) is 66.6 Å². The Labute approximate surface area is 183 Å². The van der Waals surface area contributed by atoms with Crippen LogP contribution in [0.2, 0.25) is 5.02 Å². The number of halogens is 1. The van der Waals surface area contributed by atoms with Gasteiger partial charge < -0.3 is 9.47 Å². The fourth-order valence-corrected chi connectivity index (χ4v) is 5.86. The molecular formula is C23H28ClN3O2S. The number of hydrogen-bond acceptors (Lipinski definition) is 4. The summed E-state index contributed by atoms with van der Waals surface area (Å²) in [5.74, 6) is 0. The van der Waals surface area contributed by atoms with Crippen LogP contribution in [0.5, 0.6) is 0 Å². The van der Waals surface area contributed by atoms with Crippen LogP contribution in [0.15, 0.2) is 58.5 Å². The average molecular weight is 446 g/mol. The van der Waals surface area contributed by atoms with Gasteiger partial charge in [0.15, 0.2) is 0 Å². The van der Waals surface area contributed by atoms with Crippen molar-refractivity contribution in [3.8, 4) is 0 Å². The van der Waals surface area contributed by atoms with Gasteiger partial charge in [-0.15, -0.1) is 0 Å². The molecule has 160 valence electrons. The predicted octanol–water partition coefficient (Wildman–Crippen LogP) is 4.59. The van der Waals surface area contributed by atoms with Crippen molar-refractivity contribution in [3.05, 3.63) is 53.7 Å². The molecule has 0 spiro atoms. The molecule has 1 aliphatic heterocycles. The Bertz CT molecular complexity index is 1190. The Morgan fingerprint density at radius 3 is 2.33 bits per heavy atom. The molecule has 2 heterocycles. The number of anilines is 1. The second-order valence-electron chi connectivity index (χ2n) is 8.91. The van der Waals surface area contributed by atoms with Gasteiger partial charge in [-0.3, -0.25) is 4.90 Å². The lowest BCUT2D eigenvalue weighted by atomic mass is 10.0. The van der Waals surface area contributed by atoms with Gasteiger partial charge in [-0.1, -0.05) is 17.7 Å². The summed E-state index contributed by atoms with van der Waals surface area (Å²) < 4.78 is 28.8. The van der Waals surface area contributed by atoms with Gasteiger partial charge in [-0.25, -0.2) is 8.42 Å². The lowest BCUT2D eigenvalue weighted by molar-refractivity contribution is 0.128. The fraction of sp³-hybridized carbons (Fsp3) is 0.391. The molecule has 1 aliphatic rings. The Hall–Kier alpha value is -2.02. The van der Waals surface area contributed by atoms with Gasteiger partial charge in [0.25, 0.3) is 0 Å². The average Bonchev–Trinajstić information content (AvgIpc) is 3.04. The molecule has 2 aromatic carbocycles. The van der Waals surface area contributed by atoms with E-state index >= 15 is 0 Å². The van der Waals surface area contributed by atoms with Gasteiger partial charge in [0.2, 0.25) is 9.84 Å². The summed E-state index contributed by atoms with van der Waals surface area (Å²) in [5.41, 5.74) is 1.93. The third kappa shape index (κ3) is 3.84. The number of piperazine rings is 1. The van der Waals surface area contributed by atoms with Crippen molar-refractivity contribution in [2.24, 2.45) is 7.05 Å². The summed E-state index contributed by atoms with van der Waals surface area (Å²) in [6, 6.07) is 12.6. The van der Waals surface area contributed by atoms with E-state index in [1.165, 1.54) is 0 Å². The van der Waals surface area contributed by atoms with Crippen molar-refractivity contribution in [1.29, 1.82) is 0 Å². The molecule has 1 fully saturated rings. The molecule has 1 saturated heterocycles. The molecule has 0 bridgehead atoms. The summed E-state index contributed by atoms with van der Waals surface area (Å²) in [7, 11) is -1.83. The second-order valence-corrected chi connectivity index (χ2v) is 11.3. The molecule has 0 N–H and O–H groups in total. The number of aryl methyl sites for hydroxylation is 1. The number of benzene rings is 2. The van der Waals surface area contributed by atoms with Gasteiger partial charge in [0.05, 0.1) is 9.79 Å². The smallest absolute Gasteiger partial charge is 0.208 e. The van der Waals surface area contributed by atoms with Gasteiger partial charge in [0.1, 0.15) is 0 Å². The first kappa shape index (κ1) is 21.2.